The van der Waals surface area contributed by atoms with Crippen LogP contribution < -0.4 is 0 Å². The topological polar surface area (TPSA) is 29.5 Å². The van der Waals surface area contributed by atoms with Crippen LogP contribution in [0.4, 0.5) is 0 Å². The van der Waals surface area contributed by atoms with Gasteiger partial charge in [0.15, 0.2) is 0 Å². The Morgan fingerprint density at radius 3 is 2.29 bits per heavy atom. The van der Waals surface area contributed by atoms with Crippen LogP contribution in [0.2, 0.25) is 0 Å². The van der Waals surface area contributed by atoms with E-state index in [-0.39, 0.29) is 11.9 Å². The summed E-state index contributed by atoms with van der Waals surface area (Å²) < 4.78 is 5.09. The lowest BCUT2D eigenvalue weighted by Gasteiger charge is -2.38. The number of carbonyl (C=O) groups is 1. The number of likely N-dealkylation sites (tertiary alicyclic amines) is 1. The molecule has 0 N–H and O–H groups in total. The van der Waals surface area contributed by atoms with Crippen molar-refractivity contribution in [2.24, 2.45) is 11.8 Å². The highest BCUT2D eigenvalue weighted by atomic mass is 16.5. The molecular formula is C14H27NO2. The number of piperidine rings is 1. The van der Waals surface area contributed by atoms with E-state index < -0.39 is 0 Å². The molecule has 0 aromatic rings. The molecule has 1 aliphatic rings. The summed E-state index contributed by atoms with van der Waals surface area (Å²) in [5.74, 6) is 0.833. The van der Waals surface area contributed by atoms with E-state index in [0.29, 0.717) is 18.6 Å². The third kappa shape index (κ3) is 3.98. The first-order valence-electron chi connectivity index (χ1n) is 7.00. The first-order chi connectivity index (χ1) is 8.10. The predicted molar refractivity (Wildman–Crippen MR) is 69.8 cm³/mol. The van der Waals surface area contributed by atoms with Crippen LogP contribution in [0.15, 0.2) is 0 Å². The molecule has 1 rings (SSSR count). The maximum atomic E-state index is 11.6. The summed E-state index contributed by atoms with van der Waals surface area (Å²) in [6.45, 7) is 11.3. The minimum Gasteiger partial charge on any atom is -0.466 e. The molecule has 1 aliphatic heterocycles. The molecule has 0 amide bonds. The van der Waals surface area contributed by atoms with E-state index in [4.69, 9.17) is 4.74 Å². The van der Waals surface area contributed by atoms with Crippen LogP contribution in [0.1, 0.15) is 47.0 Å². The van der Waals surface area contributed by atoms with E-state index in [1.807, 2.05) is 6.92 Å². The SMILES string of the molecule is CCOC(=O)C1CCN(C(CC)C(C)C)CC1. The second-order valence-electron chi connectivity index (χ2n) is 5.28. The summed E-state index contributed by atoms with van der Waals surface area (Å²) in [5, 5.41) is 0. The van der Waals surface area contributed by atoms with Crippen LogP contribution >= 0.6 is 0 Å². The molecule has 3 heteroatoms. The highest BCUT2D eigenvalue weighted by molar-refractivity contribution is 5.72. The van der Waals surface area contributed by atoms with Crippen molar-refractivity contribution in [3.05, 3.63) is 0 Å². The second kappa shape index (κ2) is 7.00. The lowest BCUT2D eigenvalue weighted by atomic mass is 9.92. The zero-order chi connectivity index (χ0) is 12.8. The first kappa shape index (κ1) is 14.5. The van der Waals surface area contributed by atoms with Crippen molar-refractivity contribution in [2.45, 2.75) is 53.0 Å². The molecule has 1 saturated heterocycles. The Hall–Kier alpha value is -0.570. The Kier molecular flexibility index (Phi) is 5.96. The fourth-order valence-electron chi connectivity index (χ4n) is 2.88. The summed E-state index contributed by atoms with van der Waals surface area (Å²) in [6, 6.07) is 0.665. The van der Waals surface area contributed by atoms with E-state index in [1.165, 1.54) is 6.42 Å². The van der Waals surface area contributed by atoms with Crippen LogP contribution in [0.3, 0.4) is 0 Å². The number of nitrogens with zero attached hydrogens (tertiary/aromatic N) is 1. The fraction of sp³-hybridized carbons (Fsp3) is 0.929. The van der Waals surface area contributed by atoms with Gasteiger partial charge >= 0.3 is 5.97 Å². The zero-order valence-corrected chi connectivity index (χ0v) is 11.7. The Bertz CT molecular complexity index is 232. The first-order valence-corrected chi connectivity index (χ1v) is 7.00. The molecule has 1 heterocycles. The third-order valence-electron chi connectivity index (χ3n) is 3.81. The minimum absolute atomic E-state index is 0.00439. The summed E-state index contributed by atoms with van der Waals surface area (Å²) in [5.41, 5.74) is 0. The number of ether oxygens (including phenoxy) is 1. The van der Waals surface area contributed by atoms with Crippen molar-refractivity contribution < 1.29 is 9.53 Å². The monoisotopic (exact) mass is 241 g/mol. The van der Waals surface area contributed by atoms with E-state index in [2.05, 4.69) is 25.7 Å². The molecule has 17 heavy (non-hydrogen) atoms. The molecule has 0 bridgehead atoms. The molecule has 1 atom stereocenters. The van der Waals surface area contributed by atoms with Gasteiger partial charge in [0.25, 0.3) is 0 Å². The molecule has 1 fully saturated rings. The number of rotatable bonds is 5. The largest absolute Gasteiger partial charge is 0.466 e. The van der Waals surface area contributed by atoms with Gasteiger partial charge in [-0.25, -0.2) is 0 Å². The van der Waals surface area contributed by atoms with E-state index in [1.54, 1.807) is 0 Å². The average molecular weight is 241 g/mol. The maximum Gasteiger partial charge on any atom is 0.309 e. The minimum atomic E-state index is 0.00439. The van der Waals surface area contributed by atoms with Gasteiger partial charge in [-0.15, -0.1) is 0 Å². The Morgan fingerprint density at radius 2 is 1.88 bits per heavy atom. The standard InChI is InChI=1S/C14H27NO2/c1-5-13(11(3)4)15-9-7-12(8-10-15)14(16)17-6-2/h11-13H,5-10H2,1-4H3. The van der Waals surface area contributed by atoms with Crippen LogP contribution in [0, 0.1) is 11.8 Å². The average Bonchev–Trinajstić information content (AvgIpc) is 2.30. The third-order valence-corrected chi connectivity index (χ3v) is 3.81. The zero-order valence-electron chi connectivity index (χ0n) is 11.7. The number of hydrogen-bond donors (Lipinski definition) is 0. The summed E-state index contributed by atoms with van der Waals surface area (Å²) in [4.78, 5) is 14.2. The van der Waals surface area contributed by atoms with Crippen molar-refractivity contribution in [2.75, 3.05) is 19.7 Å². The van der Waals surface area contributed by atoms with E-state index >= 15 is 0 Å². The van der Waals surface area contributed by atoms with Crippen molar-refractivity contribution >= 4 is 5.97 Å². The quantitative estimate of drug-likeness (QED) is 0.693. The van der Waals surface area contributed by atoms with Gasteiger partial charge in [0, 0.05) is 6.04 Å². The highest BCUT2D eigenvalue weighted by Gasteiger charge is 2.29. The molecule has 1 unspecified atom stereocenters. The molecule has 0 radical (unpaired) electrons. The van der Waals surface area contributed by atoms with E-state index in [0.717, 1.165) is 25.9 Å². The van der Waals surface area contributed by atoms with Crippen molar-refractivity contribution in [3.63, 3.8) is 0 Å². The smallest absolute Gasteiger partial charge is 0.309 e. The molecular weight excluding hydrogens is 214 g/mol. The molecule has 100 valence electrons. The number of esters is 1. The van der Waals surface area contributed by atoms with Gasteiger partial charge in [-0.05, 0) is 45.2 Å². The maximum absolute atomic E-state index is 11.6. The molecule has 0 aliphatic carbocycles. The van der Waals surface area contributed by atoms with Gasteiger partial charge in [0.1, 0.15) is 0 Å². The predicted octanol–water partition coefficient (Wildman–Crippen LogP) is 2.70. The lowest BCUT2D eigenvalue weighted by molar-refractivity contribution is -0.149. The van der Waals surface area contributed by atoms with Gasteiger partial charge in [0.05, 0.1) is 12.5 Å². The van der Waals surface area contributed by atoms with Crippen LogP contribution in [-0.2, 0) is 9.53 Å². The molecule has 0 aromatic carbocycles. The van der Waals surface area contributed by atoms with Crippen LogP contribution in [0.25, 0.3) is 0 Å². The highest BCUT2D eigenvalue weighted by Crippen LogP contribution is 2.24. The lowest BCUT2D eigenvalue weighted by Crippen LogP contribution is -2.45. The number of carbonyl (C=O) groups excluding carboxylic acids is 1. The van der Waals surface area contributed by atoms with Gasteiger partial charge in [-0.2, -0.15) is 0 Å². The summed E-state index contributed by atoms with van der Waals surface area (Å²) >= 11 is 0. The van der Waals surface area contributed by atoms with Gasteiger partial charge in [-0.3, -0.25) is 4.79 Å². The van der Waals surface area contributed by atoms with Crippen molar-refractivity contribution in [3.8, 4) is 0 Å². The van der Waals surface area contributed by atoms with Gasteiger partial charge < -0.3 is 9.64 Å². The Balaban J connectivity index is 2.42. The normalized spacial score (nSPS) is 20.5. The fourth-order valence-corrected chi connectivity index (χ4v) is 2.88. The Morgan fingerprint density at radius 1 is 1.29 bits per heavy atom. The summed E-state index contributed by atoms with van der Waals surface area (Å²) in [7, 11) is 0. The van der Waals surface area contributed by atoms with Crippen molar-refractivity contribution in [1.82, 2.24) is 4.90 Å². The van der Waals surface area contributed by atoms with Crippen LogP contribution in [-0.4, -0.2) is 36.6 Å². The molecule has 3 nitrogen and oxygen atoms in total. The summed E-state index contributed by atoms with van der Waals surface area (Å²) in [6.07, 6.45) is 3.12. The van der Waals surface area contributed by atoms with Gasteiger partial charge in [0.2, 0.25) is 0 Å². The molecule has 0 aromatic heterocycles. The van der Waals surface area contributed by atoms with Crippen LogP contribution in [0.5, 0.6) is 0 Å². The van der Waals surface area contributed by atoms with Gasteiger partial charge in [-0.1, -0.05) is 20.8 Å². The Labute approximate surface area is 106 Å². The second-order valence-corrected chi connectivity index (χ2v) is 5.28. The molecule has 0 saturated carbocycles. The molecule has 0 spiro atoms. The van der Waals surface area contributed by atoms with E-state index in [9.17, 15) is 4.79 Å². The number of hydrogen-bond acceptors (Lipinski definition) is 3. The van der Waals surface area contributed by atoms with Crippen molar-refractivity contribution in [1.29, 1.82) is 0 Å².